The predicted octanol–water partition coefficient (Wildman–Crippen LogP) is 2.54. The molecule has 0 atom stereocenters. The number of fused-ring (bicyclic) bond motifs is 2. The molecule has 0 aliphatic heterocycles. The van der Waals surface area contributed by atoms with E-state index in [4.69, 9.17) is 4.55 Å². The van der Waals surface area contributed by atoms with Crippen molar-refractivity contribution in [2.45, 2.75) is 36.9 Å². The van der Waals surface area contributed by atoms with E-state index in [9.17, 15) is 26.0 Å². The third kappa shape index (κ3) is 1.68. The van der Waals surface area contributed by atoms with Crippen LogP contribution >= 0.6 is 0 Å². The minimum Gasteiger partial charge on any atom is -0.281 e. The van der Waals surface area contributed by atoms with Gasteiger partial charge in [-0.05, 0) is 37.5 Å². The first-order valence-corrected chi connectivity index (χ1v) is 6.75. The summed E-state index contributed by atoms with van der Waals surface area (Å²) in [6, 6.07) is 0. The highest BCUT2D eigenvalue weighted by Crippen LogP contribution is 2.59. The van der Waals surface area contributed by atoms with Gasteiger partial charge in [0.25, 0.3) is 0 Å². The van der Waals surface area contributed by atoms with Crippen LogP contribution in [0.25, 0.3) is 0 Å². The van der Waals surface area contributed by atoms with Crippen molar-refractivity contribution in [2.75, 3.05) is 0 Å². The summed E-state index contributed by atoms with van der Waals surface area (Å²) >= 11 is 0. The first-order chi connectivity index (χ1) is 7.59. The fourth-order valence-electron chi connectivity index (χ4n) is 3.21. The fourth-order valence-corrected chi connectivity index (χ4v) is 3.69. The molecule has 0 spiro atoms. The van der Waals surface area contributed by atoms with Crippen molar-refractivity contribution in [1.82, 2.24) is 0 Å². The molecule has 0 aromatic rings. The van der Waals surface area contributed by atoms with E-state index < -0.39 is 39.0 Å². The molecule has 1 N–H and O–H groups in total. The van der Waals surface area contributed by atoms with Gasteiger partial charge in [-0.25, -0.2) is 0 Å². The van der Waals surface area contributed by atoms with E-state index in [1.54, 1.807) is 0 Å². The van der Waals surface area contributed by atoms with Crippen LogP contribution < -0.4 is 0 Å². The van der Waals surface area contributed by atoms with E-state index in [1.165, 1.54) is 0 Å². The summed E-state index contributed by atoms with van der Waals surface area (Å²) < 4.78 is 82.7. The van der Waals surface area contributed by atoms with Crippen LogP contribution in [-0.2, 0) is 10.1 Å². The Morgan fingerprint density at radius 1 is 0.941 bits per heavy atom. The number of hydrogen-bond donors (Lipinski definition) is 1. The number of halogens is 4. The summed E-state index contributed by atoms with van der Waals surface area (Å²) in [5, 5.41) is -5.41. The smallest absolute Gasteiger partial charge is 0.281 e. The van der Waals surface area contributed by atoms with Gasteiger partial charge in [0.2, 0.25) is 0 Å². The van der Waals surface area contributed by atoms with Crippen LogP contribution in [0.5, 0.6) is 0 Å². The maximum atomic E-state index is 13.7. The molecular weight excluding hydrogens is 264 g/mol. The Labute approximate surface area is 95.9 Å². The molecule has 2 fully saturated rings. The van der Waals surface area contributed by atoms with Crippen molar-refractivity contribution in [3.8, 4) is 0 Å². The van der Waals surface area contributed by atoms with Gasteiger partial charge in [0.15, 0.2) is 0 Å². The van der Waals surface area contributed by atoms with Crippen LogP contribution in [0.1, 0.15) is 25.7 Å². The molecule has 2 bridgehead atoms. The van der Waals surface area contributed by atoms with Gasteiger partial charge in [0.1, 0.15) is 0 Å². The molecule has 17 heavy (non-hydrogen) atoms. The molecule has 8 heteroatoms. The van der Waals surface area contributed by atoms with Gasteiger partial charge in [0.05, 0.1) is 0 Å². The third-order valence-corrected chi connectivity index (χ3v) is 4.88. The van der Waals surface area contributed by atoms with Gasteiger partial charge >= 0.3 is 21.3 Å². The topological polar surface area (TPSA) is 54.4 Å². The standard InChI is InChI=1S/C9H12F4O3S/c10-8(11,9(12,13)17(14,15)16)7-5-1-2-6(7)4-3-5/h5-7H,1-4H2,(H,14,15,16). The van der Waals surface area contributed by atoms with Gasteiger partial charge in [-0.15, -0.1) is 0 Å². The molecule has 0 radical (unpaired) electrons. The summed E-state index contributed by atoms with van der Waals surface area (Å²) in [4.78, 5) is 0. The summed E-state index contributed by atoms with van der Waals surface area (Å²) in [7, 11) is -6.10. The molecule has 2 aliphatic rings. The van der Waals surface area contributed by atoms with Crippen molar-refractivity contribution in [3.05, 3.63) is 0 Å². The quantitative estimate of drug-likeness (QED) is 0.636. The molecule has 0 unspecified atom stereocenters. The summed E-state index contributed by atoms with van der Waals surface area (Å²) in [6.07, 6.45) is 1.69. The lowest BCUT2D eigenvalue weighted by atomic mass is 9.90. The zero-order chi connectivity index (χ0) is 13.1. The lowest BCUT2D eigenvalue weighted by Crippen LogP contribution is -2.52. The van der Waals surface area contributed by atoms with Crippen molar-refractivity contribution < 1.29 is 30.5 Å². The first-order valence-electron chi connectivity index (χ1n) is 5.31. The second-order valence-corrected chi connectivity index (χ2v) is 6.28. The van der Waals surface area contributed by atoms with Crippen LogP contribution in [0.15, 0.2) is 0 Å². The Morgan fingerprint density at radius 3 is 1.59 bits per heavy atom. The molecule has 0 saturated heterocycles. The molecule has 2 rings (SSSR count). The molecule has 0 amide bonds. The third-order valence-electron chi connectivity index (χ3n) is 3.96. The van der Waals surface area contributed by atoms with E-state index in [2.05, 4.69) is 0 Å². The maximum absolute atomic E-state index is 13.7. The summed E-state index contributed by atoms with van der Waals surface area (Å²) in [5.41, 5.74) is 0. The van der Waals surface area contributed by atoms with Crippen molar-refractivity contribution in [3.63, 3.8) is 0 Å². The second kappa shape index (κ2) is 3.57. The van der Waals surface area contributed by atoms with Gasteiger partial charge < -0.3 is 0 Å². The Bertz CT molecular complexity index is 400. The molecule has 0 aromatic carbocycles. The van der Waals surface area contributed by atoms with Gasteiger partial charge in [0, 0.05) is 5.92 Å². The monoisotopic (exact) mass is 276 g/mol. The molecule has 100 valence electrons. The van der Waals surface area contributed by atoms with Crippen molar-refractivity contribution in [2.24, 2.45) is 17.8 Å². The highest BCUT2D eigenvalue weighted by molar-refractivity contribution is 7.87. The SMILES string of the molecule is O=S(=O)(O)C(F)(F)C(F)(F)C1C2CCC1CC2. The highest BCUT2D eigenvalue weighted by Gasteiger charge is 2.72. The van der Waals surface area contributed by atoms with Crippen molar-refractivity contribution in [1.29, 1.82) is 0 Å². The average Bonchev–Trinajstić information content (AvgIpc) is 2.74. The van der Waals surface area contributed by atoms with Crippen molar-refractivity contribution >= 4 is 10.1 Å². The van der Waals surface area contributed by atoms with E-state index in [0.29, 0.717) is 25.7 Å². The van der Waals surface area contributed by atoms with E-state index >= 15 is 0 Å². The Kier molecular flexibility index (Phi) is 2.74. The fraction of sp³-hybridized carbons (Fsp3) is 1.00. The van der Waals surface area contributed by atoms with E-state index in [0.717, 1.165) is 0 Å². The lowest BCUT2D eigenvalue weighted by Gasteiger charge is -2.31. The van der Waals surface area contributed by atoms with E-state index in [-0.39, 0.29) is 0 Å². The molecule has 2 saturated carbocycles. The minimum absolute atomic E-state index is 0.423. The molecular formula is C9H12F4O3S. The predicted molar refractivity (Wildman–Crippen MR) is 50.4 cm³/mol. The normalized spacial score (nSPS) is 34.3. The Balaban J connectivity index is 2.37. The maximum Gasteiger partial charge on any atom is 0.431 e. The second-order valence-electron chi connectivity index (χ2n) is 4.82. The largest absolute Gasteiger partial charge is 0.431 e. The Morgan fingerprint density at radius 2 is 1.29 bits per heavy atom. The molecule has 0 aromatic heterocycles. The number of rotatable bonds is 3. The molecule has 2 aliphatic carbocycles. The zero-order valence-electron chi connectivity index (χ0n) is 8.74. The highest BCUT2D eigenvalue weighted by atomic mass is 32.2. The van der Waals surface area contributed by atoms with Crippen LogP contribution in [0.4, 0.5) is 17.6 Å². The van der Waals surface area contributed by atoms with Gasteiger partial charge in [-0.1, -0.05) is 0 Å². The Hall–Kier alpha value is -0.370. The number of alkyl halides is 4. The molecule has 0 heterocycles. The minimum atomic E-state index is -6.10. The van der Waals surface area contributed by atoms with Gasteiger partial charge in [-0.3, -0.25) is 4.55 Å². The lowest BCUT2D eigenvalue weighted by molar-refractivity contribution is -0.202. The van der Waals surface area contributed by atoms with Crippen LogP contribution in [0.2, 0.25) is 0 Å². The zero-order valence-corrected chi connectivity index (χ0v) is 9.56. The van der Waals surface area contributed by atoms with Crippen LogP contribution in [0, 0.1) is 17.8 Å². The van der Waals surface area contributed by atoms with Crippen LogP contribution in [-0.4, -0.2) is 24.1 Å². The first kappa shape index (κ1) is 13.1. The summed E-state index contributed by atoms with van der Waals surface area (Å²) in [5.74, 6) is -7.48. The molecule has 3 nitrogen and oxygen atoms in total. The van der Waals surface area contributed by atoms with Gasteiger partial charge in [-0.2, -0.15) is 26.0 Å². The van der Waals surface area contributed by atoms with Crippen LogP contribution in [0.3, 0.4) is 0 Å². The number of hydrogen-bond acceptors (Lipinski definition) is 2. The average molecular weight is 276 g/mol. The summed E-state index contributed by atoms with van der Waals surface area (Å²) in [6.45, 7) is 0. The van der Waals surface area contributed by atoms with E-state index in [1.807, 2.05) is 0 Å².